The molecule has 16 heavy (non-hydrogen) atoms. The van der Waals surface area contributed by atoms with E-state index in [2.05, 4.69) is 19.2 Å². The van der Waals surface area contributed by atoms with E-state index in [4.69, 9.17) is 9.84 Å². The molecule has 0 aliphatic heterocycles. The summed E-state index contributed by atoms with van der Waals surface area (Å²) in [7, 11) is 1.72. The number of ether oxygens (including phenoxy) is 1. The third kappa shape index (κ3) is 4.04. The summed E-state index contributed by atoms with van der Waals surface area (Å²) in [6.07, 6.45) is 6.01. The van der Waals surface area contributed by atoms with E-state index < -0.39 is 0 Å². The van der Waals surface area contributed by atoms with Gasteiger partial charge in [-0.15, -0.1) is 0 Å². The average Bonchev–Trinajstić information content (AvgIpc) is 2.22. The zero-order valence-corrected chi connectivity index (χ0v) is 11.0. The molecule has 1 fully saturated rings. The topological polar surface area (TPSA) is 41.5 Å². The van der Waals surface area contributed by atoms with E-state index in [-0.39, 0.29) is 12.1 Å². The molecule has 0 aromatic heterocycles. The van der Waals surface area contributed by atoms with Crippen LogP contribution < -0.4 is 5.32 Å². The van der Waals surface area contributed by atoms with Crippen LogP contribution in [-0.2, 0) is 4.74 Å². The van der Waals surface area contributed by atoms with E-state index in [1.807, 2.05) is 0 Å². The minimum atomic E-state index is -0.0836. The van der Waals surface area contributed by atoms with Crippen molar-refractivity contribution in [3.05, 3.63) is 0 Å². The van der Waals surface area contributed by atoms with Crippen molar-refractivity contribution in [1.82, 2.24) is 5.32 Å². The Morgan fingerprint density at radius 2 is 2.06 bits per heavy atom. The molecule has 0 saturated heterocycles. The van der Waals surface area contributed by atoms with Gasteiger partial charge in [0.05, 0.1) is 6.61 Å². The van der Waals surface area contributed by atoms with Crippen LogP contribution in [0.5, 0.6) is 0 Å². The Hall–Kier alpha value is -0.120. The molecular formula is C13H27NO2. The normalized spacial score (nSPS) is 30.0. The van der Waals surface area contributed by atoms with Crippen molar-refractivity contribution in [2.24, 2.45) is 5.92 Å². The van der Waals surface area contributed by atoms with Gasteiger partial charge in [0.15, 0.2) is 0 Å². The standard InChI is InChI=1S/C13H27NO2/c1-11-6-4-5-7-12(11)14-13(2,8-9-15)10-16-3/h11-12,14-15H,4-10H2,1-3H3. The fourth-order valence-corrected chi connectivity index (χ4v) is 2.73. The molecule has 3 heteroatoms. The van der Waals surface area contributed by atoms with Crippen LogP contribution >= 0.6 is 0 Å². The summed E-state index contributed by atoms with van der Waals surface area (Å²) >= 11 is 0. The molecule has 0 aromatic rings. The second-order valence-corrected chi connectivity index (χ2v) is 5.48. The lowest BCUT2D eigenvalue weighted by molar-refractivity contribution is 0.0775. The monoisotopic (exact) mass is 229 g/mol. The summed E-state index contributed by atoms with van der Waals surface area (Å²) in [4.78, 5) is 0. The van der Waals surface area contributed by atoms with Crippen LogP contribution in [0.4, 0.5) is 0 Å². The summed E-state index contributed by atoms with van der Waals surface area (Å²) < 4.78 is 5.26. The number of aliphatic hydroxyl groups is 1. The number of hydrogen-bond acceptors (Lipinski definition) is 3. The molecule has 2 N–H and O–H groups in total. The summed E-state index contributed by atoms with van der Waals surface area (Å²) in [6, 6.07) is 0.584. The van der Waals surface area contributed by atoms with Gasteiger partial charge in [-0.3, -0.25) is 0 Å². The highest BCUT2D eigenvalue weighted by Gasteiger charge is 2.30. The van der Waals surface area contributed by atoms with Crippen molar-refractivity contribution in [3.8, 4) is 0 Å². The lowest BCUT2D eigenvalue weighted by atomic mass is 9.83. The van der Waals surface area contributed by atoms with Gasteiger partial charge in [0.2, 0.25) is 0 Å². The van der Waals surface area contributed by atoms with Gasteiger partial charge in [-0.1, -0.05) is 19.8 Å². The summed E-state index contributed by atoms with van der Waals surface area (Å²) in [5.74, 6) is 0.739. The summed E-state index contributed by atoms with van der Waals surface area (Å²) in [5.41, 5.74) is -0.0836. The first-order valence-electron chi connectivity index (χ1n) is 6.49. The van der Waals surface area contributed by atoms with Gasteiger partial charge in [-0.25, -0.2) is 0 Å². The highest BCUT2D eigenvalue weighted by Crippen LogP contribution is 2.26. The molecule has 96 valence electrons. The van der Waals surface area contributed by atoms with Crippen LogP contribution in [0.3, 0.4) is 0 Å². The zero-order valence-electron chi connectivity index (χ0n) is 11.0. The van der Waals surface area contributed by atoms with E-state index in [1.54, 1.807) is 7.11 Å². The molecule has 1 aliphatic carbocycles. The highest BCUT2D eigenvalue weighted by atomic mass is 16.5. The van der Waals surface area contributed by atoms with Gasteiger partial charge < -0.3 is 15.2 Å². The van der Waals surface area contributed by atoms with Crippen LogP contribution in [0.1, 0.15) is 46.0 Å². The van der Waals surface area contributed by atoms with Crippen molar-refractivity contribution in [3.63, 3.8) is 0 Å². The van der Waals surface area contributed by atoms with Gasteiger partial charge in [0.1, 0.15) is 0 Å². The Balaban J connectivity index is 2.51. The first kappa shape index (κ1) is 13.9. The van der Waals surface area contributed by atoms with Crippen LogP contribution in [0.15, 0.2) is 0 Å². The Bertz CT molecular complexity index is 190. The molecule has 3 atom stereocenters. The van der Waals surface area contributed by atoms with Crippen molar-refractivity contribution in [1.29, 1.82) is 0 Å². The fourth-order valence-electron chi connectivity index (χ4n) is 2.73. The summed E-state index contributed by atoms with van der Waals surface area (Å²) in [6.45, 7) is 5.35. The number of aliphatic hydroxyl groups excluding tert-OH is 1. The van der Waals surface area contributed by atoms with Crippen molar-refractivity contribution in [2.75, 3.05) is 20.3 Å². The minimum Gasteiger partial charge on any atom is -0.396 e. The van der Waals surface area contributed by atoms with Crippen molar-refractivity contribution < 1.29 is 9.84 Å². The van der Waals surface area contributed by atoms with Crippen molar-refractivity contribution in [2.45, 2.75) is 57.5 Å². The Kier molecular flexibility index (Phi) is 5.73. The SMILES string of the molecule is COCC(C)(CCO)NC1CCCCC1C. The van der Waals surface area contributed by atoms with Crippen LogP contribution in [-0.4, -0.2) is 37.0 Å². The largest absolute Gasteiger partial charge is 0.396 e. The van der Waals surface area contributed by atoms with E-state index in [9.17, 15) is 0 Å². The Labute approximate surface area is 99.6 Å². The first-order valence-corrected chi connectivity index (χ1v) is 6.49. The molecule has 1 rings (SSSR count). The molecular weight excluding hydrogens is 202 g/mol. The average molecular weight is 229 g/mol. The van der Waals surface area contributed by atoms with Crippen LogP contribution in [0.2, 0.25) is 0 Å². The molecule has 0 radical (unpaired) electrons. The molecule has 1 aliphatic rings. The molecule has 3 unspecified atom stereocenters. The lowest BCUT2D eigenvalue weighted by Gasteiger charge is -2.39. The molecule has 0 aromatic carbocycles. The third-order valence-corrected chi connectivity index (χ3v) is 3.77. The maximum absolute atomic E-state index is 9.13. The summed E-state index contributed by atoms with van der Waals surface area (Å²) in [5, 5.41) is 12.8. The Morgan fingerprint density at radius 3 is 2.62 bits per heavy atom. The quantitative estimate of drug-likeness (QED) is 0.731. The zero-order chi connectivity index (χ0) is 12.0. The maximum atomic E-state index is 9.13. The number of hydrogen-bond donors (Lipinski definition) is 2. The van der Waals surface area contributed by atoms with E-state index in [1.165, 1.54) is 25.7 Å². The predicted octanol–water partition coefficient (Wildman–Crippen LogP) is 1.94. The van der Waals surface area contributed by atoms with Crippen molar-refractivity contribution >= 4 is 0 Å². The molecule has 0 spiro atoms. The fraction of sp³-hybridized carbons (Fsp3) is 1.00. The van der Waals surface area contributed by atoms with Gasteiger partial charge in [-0.2, -0.15) is 0 Å². The highest BCUT2D eigenvalue weighted by molar-refractivity contribution is 4.89. The number of rotatable bonds is 6. The second-order valence-electron chi connectivity index (χ2n) is 5.48. The van der Waals surface area contributed by atoms with Crippen LogP contribution in [0, 0.1) is 5.92 Å². The third-order valence-electron chi connectivity index (χ3n) is 3.77. The van der Waals surface area contributed by atoms with E-state index >= 15 is 0 Å². The predicted molar refractivity (Wildman–Crippen MR) is 66.5 cm³/mol. The minimum absolute atomic E-state index is 0.0836. The molecule has 0 bridgehead atoms. The number of methoxy groups -OCH3 is 1. The lowest BCUT2D eigenvalue weighted by Crippen LogP contribution is -2.54. The maximum Gasteiger partial charge on any atom is 0.0642 e. The van der Waals surface area contributed by atoms with E-state index in [0.29, 0.717) is 12.6 Å². The van der Waals surface area contributed by atoms with Gasteiger partial charge in [-0.05, 0) is 32.1 Å². The van der Waals surface area contributed by atoms with Gasteiger partial charge in [0.25, 0.3) is 0 Å². The molecule has 0 amide bonds. The first-order chi connectivity index (χ1) is 7.61. The van der Waals surface area contributed by atoms with E-state index in [0.717, 1.165) is 12.3 Å². The molecule has 0 heterocycles. The smallest absolute Gasteiger partial charge is 0.0642 e. The van der Waals surface area contributed by atoms with Gasteiger partial charge in [0, 0.05) is 25.3 Å². The molecule has 3 nitrogen and oxygen atoms in total. The molecule has 1 saturated carbocycles. The Morgan fingerprint density at radius 1 is 1.38 bits per heavy atom. The second kappa shape index (κ2) is 6.58. The van der Waals surface area contributed by atoms with Crippen LogP contribution in [0.25, 0.3) is 0 Å². The van der Waals surface area contributed by atoms with Gasteiger partial charge >= 0.3 is 0 Å². The number of nitrogens with one attached hydrogen (secondary N) is 1.